The topological polar surface area (TPSA) is 59.2 Å². The van der Waals surface area contributed by atoms with E-state index in [1.165, 1.54) is 24.6 Å². The molecule has 0 aliphatic carbocycles. The van der Waals surface area contributed by atoms with Crippen molar-refractivity contribution in [3.05, 3.63) is 5.89 Å². The van der Waals surface area contributed by atoms with Crippen LogP contribution in [-0.2, 0) is 4.79 Å². The Morgan fingerprint density at radius 1 is 1.28 bits per heavy atom. The zero-order valence-electron chi connectivity index (χ0n) is 10.7. The number of amides is 1. The second-order valence-electron chi connectivity index (χ2n) is 4.48. The van der Waals surface area contributed by atoms with E-state index in [0.29, 0.717) is 23.3 Å². The van der Waals surface area contributed by atoms with E-state index in [1.54, 1.807) is 6.92 Å². The lowest BCUT2D eigenvalue weighted by Gasteiger charge is -2.19. The summed E-state index contributed by atoms with van der Waals surface area (Å²) in [5.74, 6) is 1.52. The Morgan fingerprint density at radius 2 is 2.00 bits per heavy atom. The molecule has 18 heavy (non-hydrogen) atoms. The highest BCUT2D eigenvalue weighted by atomic mass is 32.2. The number of carbonyl (C=O) groups excluding carboxylic acids is 1. The van der Waals surface area contributed by atoms with E-state index in [-0.39, 0.29) is 5.91 Å². The van der Waals surface area contributed by atoms with Crippen LogP contribution in [0.15, 0.2) is 9.64 Å². The monoisotopic (exact) mass is 269 g/mol. The third-order valence-electron chi connectivity index (χ3n) is 3.01. The molecular formula is C12H19N3O2S. The van der Waals surface area contributed by atoms with Crippen molar-refractivity contribution in [2.24, 2.45) is 0 Å². The minimum Gasteiger partial charge on any atom is -0.416 e. The van der Waals surface area contributed by atoms with Gasteiger partial charge in [0.25, 0.3) is 5.22 Å². The molecule has 2 rings (SSSR count). The zero-order chi connectivity index (χ0) is 12.8. The highest BCUT2D eigenvalue weighted by Crippen LogP contribution is 2.18. The Bertz CT molecular complexity index is 386. The summed E-state index contributed by atoms with van der Waals surface area (Å²) < 4.78 is 5.25. The van der Waals surface area contributed by atoms with E-state index < -0.39 is 0 Å². The number of hydrogen-bond donors (Lipinski definition) is 0. The molecule has 100 valence electrons. The van der Waals surface area contributed by atoms with E-state index in [4.69, 9.17) is 4.42 Å². The van der Waals surface area contributed by atoms with Crippen LogP contribution in [-0.4, -0.2) is 39.8 Å². The van der Waals surface area contributed by atoms with Gasteiger partial charge in [-0.1, -0.05) is 24.6 Å². The first-order valence-electron chi connectivity index (χ1n) is 6.46. The molecule has 0 N–H and O–H groups in total. The average molecular weight is 269 g/mol. The molecule has 0 spiro atoms. The van der Waals surface area contributed by atoms with Crippen molar-refractivity contribution in [1.29, 1.82) is 0 Å². The molecule has 0 saturated carbocycles. The summed E-state index contributed by atoms with van der Waals surface area (Å²) in [4.78, 5) is 14.0. The Morgan fingerprint density at radius 3 is 2.61 bits per heavy atom. The number of carbonyl (C=O) groups is 1. The lowest BCUT2D eigenvalue weighted by Crippen LogP contribution is -2.31. The quantitative estimate of drug-likeness (QED) is 0.785. The second kappa shape index (κ2) is 6.78. The highest BCUT2D eigenvalue weighted by molar-refractivity contribution is 7.99. The zero-order valence-corrected chi connectivity index (χ0v) is 11.5. The Labute approximate surface area is 111 Å². The lowest BCUT2D eigenvalue weighted by atomic mass is 10.2. The molecule has 1 amide bonds. The van der Waals surface area contributed by atoms with Gasteiger partial charge < -0.3 is 9.32 Å². The average Bonchev–Trinajstić information content (AvgIpc) is 2.63. The maximum Gasteiger partial charge on any atom is 0.276 e. The molecule has 0 radical (unpaired) electrons. The molecule has 1 aliphatic rings. The van der Waals surface area contributed by atoms with Crippen LogP contribution in [0.3, 0.4) is 0 Å². The van der Waals surface area contributed by atoms with E-state index in [0.717, 1.165) is 25.9 Å². The molecule has 1 aliphatic heterocycles. The highest BCUT2D eigenvalue weighted by Gasteiger charge is 2.15. The molecule has 1 saturated heterocycles. The molecule has 5 nitrogen and oxygen atoms in total. The maximum atomic E-state index is 12.0. The lowest BCUT2D eigenvalue weighted by molar-refractivity contribution is -0.130. The van der Waals surface area contributed by atoms with Crippen molar-refractivity contribution in [3.8, 4) is 0 Å². The predicted octanol–water partition coefficient (Wildman–Crippen LogP) is 2.26. The van der Waals surface area contributed by atoms with Crippen molar-refractivity contribution in [1.82, 2.24) is 15.1 Å². The van der Waals surface area contributed by atoms with Gasteiger partial charge in [-0.25, -0.2) is 0 Å². The second-order valence-corrected chi connectivity index (χ2v) is 5.53. The Hall–Kier alpha value is -1.04. The summed E-state index contributed by atoms with van der Waals surface area (Å²) in [7, 11) is 0. The van der Waals surface area contributed by atoms with Crippen molar-refractivity contribution in [2.45, 2.75) is 44.3 Å². The summed E-state index contributed by atoms with van der Waals surface area (Å²) in [5.41, 5.74) is 0. The fourth-order valence-electron chi connectivity index (χ4n) is 2.04. The minimum atomic E-state index is 0.251. The molecule has 2 heterocycles. The summed E-state index contributed by atoms with van der Waals surface area (Å²) in [6.07, 6.45) is 5.33. The molecular weight excluding hydrogens is 250 g/mol. The van der Waals surface area contributed by atoms with Gasteiger partial charge >= 0.3 is 0 Å². The largest absolute Gasteiger partial charge is 0.416 e. The van der Waals surface area contributed by atoms with Crippen LogP contribution >= 0.6 is 11.8 Å². The SMILES string of the molecule is Cc1nnc(SCCC(=O)N2CCCCCC2)o1. The number of thioether (sulfide) groups is 1. The fraction of sp³-hybridized carbons (Fsp3) is 0.750. The van der Waals surface area contributed by atoms with Crippen LogP contribution in [0.25, 0.3) is 0 Å². The predicted molar refractivity (Wildman–Crippen MR) is 69.4 cm³/mol. The normalized spacial score (nSPS) is 16.6. The first kappa shape index (κ1) is 13.4. The number of likely N-dealkylation sites (tertiary alicyclic amines) is 1. The van der Waals surface area contributed by atoms with E-state index in [1.807, 2.05) is 4.90 Å². The maximum absolute atomic E-state index is 12.0. The molecule has 0 bridgehead atoms. The molecule has 1 fully saturated rings. The summed E-state index contributed by atoms with van der Waals surface area (Å²) >= 11 is 1.45. The molecule has 0 atom stereocenters. The fourth-order valence-corrected chi connectivity index (χ4v) is 2.77. The van der Waals surface area contributed by atoms with Crippen LogP contribution in [0.1, 0.15) is 38.0 Å². The molecule has 6 heteroatoms. The first-order valence-corrected chi connectivity index (χ1v) is 7.45. The summed E-state index contributed by atoms with van der Waals surface area (Å²) in [5, 5.41) is 8.20. The smallest absolute Gasteiger partial charge is 0.276 e. The number of aryl methyl sites for hydroxylation is 1. The Kier molecular flexibility index (Phi) is 5.04. The first-order chi connectivity index (χ1) is 8.75. The molecule has 1 aromatic heterocycles. The van der Waals surface area contributed by atoms with Crippen molar-refractivity contribution in [3.63, 3.8) is 0 Å². The minimum absolute atomic E-state index is 0.251. The van der Waals surface area contributed by atoms with Crippen molar-refractivity contribution in [2.75, 3.05) is 18.8 Å². The molecule has 0 unspecified atom stereocenters. The van der Waals surface area contributed by atoms with Gasteiger partial charge in [0.1, 0.15) is 0 Å². The number of rotatable bonds is 4. The third-order valence-corrected chi connectivity index (χ3v) is 3.83. The number of hydrogen-bond acceptors (Lipinski definition) is 5. The third kappa shape index (κ3) is 4.01. The van der Waals surface area contributed by atoms with E-state index in [2.05, 4.69) is 10.2 Å². The van der Waals surface area contributed by atoms with Gasteiger partial charge in [-0.2, -0.15) is 0 Å². The van der Waals surface area contributed by atoms with Crippen LogP contribution in [0.2, 0.25) is 0 Å². The van der Waals surface area contributed by atoms with Gasteiger partial charge in [0.05, 0.1) is 0 Å². The van der Waals surface area contributed by atoms with Gasteiger partial charge in [-0.05, 0) is 12.8 Å². The van der Waals surface area contributed by atoms with Gasteiger partial charge in [0.15, 0.2) is 0 Å². The van der Waals surface area contributed by atoms with Crippen LogP contribution < -0.4 is 0 Å². The van der Waals surface area contributed by atoms with Gasteiger partial charge in [-0.3, -0.25) is 4.79 Å². The standard InChI is InChI=1S/C12H19N3O2S/c1-10-13-14-12(17-10)18-9-6-11(16)15-7-4-2-3-5-8-15/h2-9H2,1H3. The van der Waals surface area contributed by atoms with E-state index in [9.17, 15) is 4.79 Å². The molecule has 1 aromatic rings. The van der Waals surface area contributed by atoms with Gasteiger partial charge in [-0.15, -0.1) is 10.2 Å². The number of nitrogens with zero attached hydrogens (tertiary/aromatic N) is 3. The van der Waals surface area contributed by atoms with E-state index >= 15 is 0 Å². The molecule has 0 aromatic carbocycles. The van der Waals surface area contributed by atoms with Crippen LogP contribution in [0.4, 0.5) is 0 Å². The van der Waals surface area contributed by atoms with Crippen LogP contribution in [0, 0.1) is 6.92 Å². The van der Waals surface area contributed by atoms with Gasteiger partial charge in [0.2, 0.25) is 11.8 Å². The Balaban J connectivity index is 1.70. The number of aromatic nitrogens is 2. The van der Waals surface area contributed by atoms with Crippen molar-refractivity contribution >= 4 is 17.7 Å². The van der Waals surface area contributed by atoms with Crippen molar-refractivity contribution < 1.29 is 9.21 Å². The summed E-state index contributed by atoms with van der Waals surface area (Å²) in [6, 6.07) is 0. The van der Waals surface area contributed by atoms with Crippen LogP contribution in [0.5, 0.6) is 0 Å². The van der Waals surface area contributed by atoms with Gasteiger partial charge in [0, 0.05) is 32.2 Å². The summed E-state index contributed by atoms with van der Waals surface area (Å²) in [6.45, 7) is 3.60.